The van der Waals surface area contributed by atoms with Crippen molar-refractivity contribution in [2.24, 2.45) is 0 Å². The van der Waals surface area contributed by atoms with Crippen LogP contribution in [-0.4, -0.2) is 24.4 Å². The van der Waals surface area contributed by atoms with Crippen LogP contribution in [0.4, 0.5) is 5.69 Å². The maximum absolute atomic E-state index is 12.7. The minimum absolute atomic E-state index is 0.205. The highest BCUT2D eigenvalue weighted by Crippen LogP contribution is 2.18. The van der Waals surface area contributed by atoms with Gasteiger partial charge in [0.05, 0.1) is 29.1 Å². The zero-order valence-corrected chi connectivity index (χ0v) is 15.8. The third-order valence-corrected chi connectivity index (χ3v) is 4.18. The Hall–Kier alpha value is -3.87. The molecular weight excluding hydrogens is 372 g/mol. The molecule has 29 heavy (non-hydrogen) atoms. The number of ether oxygens (including phenoxy) is 1. The number of hydrogen-bond donors (Lipinski definition) is 2. The van der Waals surface area contributed by atoms with Gasteiger partial charge in [-0.15, -0.1) is 0 Å². The fourth-order valence-electron chi connectivity index (χ4n) is 2.67. The maximum Gasteiger partial charge on any atom is 0.341 e. The van der Waals surface area contributed by atoms with Crippen molar-refractivity contribution in [1.82, 2.24) is 5.32 Å². The summed E-state index contributed by atoms with van der Waals surface area (Å²) >= 11 is 0. The van der Waals surface area contributed by atoms with Gasteiger partial charge in [-0.2, -0.15) is 0 Å². The molecule has 0 saturated carbocycles. The first-order chi connectivity index (χ1) is 14.0. The molecule has 0 aliphatic heterocycles. The Kier molecular flexibility index (Phi) is 6.42. The number of carbonyl (C=O) groups is 3. The molecule has 0 radical (unpaired) electrons. The highest BCUT2D eigenvalue weighted by Gasteiger charge is 2.17. The number of nitrogens with one attached hydrogen (secondary N) is 2. The standard InChI is InChI=1S/C22H20N2O5/c1-15(16-7-3-2-4-8-16)23-21(26)18-9-5-6-10-19(18)24-20(25)14-29-22(27)17-11-12-28-13-17/h2-13,15H,14H2,1H3,(H,23,26)(H,24,25). The average molecular weight is 392 g/mol. The van der Waals surface area contributed by atoms with Crippen LogP contribution >= 0.6 is 0 Å². The summed E-state index contributed by atoms with van der Waals surface area (Å²) < 4.78 is 9.73. The SMILES string of the molecule is CC(NC(=O)c1ccccc1NC(=O)COC(=O)c1ccoc1)c1ccccc1. The lowest BCUT2D eigenvalue weighted by Gasteiger charge is -2.16. The molecule has 1 aromatic heterocycles. The Labute approximate surface area is 167 Å². The Bertz CT molecular complexity index is 983. The van der Waals surface area contributed by atoms with E-state index in [4.69, 9.17) is 9.15 Å². The first-order valence-corrected chi connectivity index (χ1v) is 8.98. The summed E-state index contributed by atoms with van der Waals surface area (Å²) in [5.74, 6) is -1.55. The molecule has 0 bridgehead atoms. The number of amides is 2. The Balaban J connectivity index is 1.61. The summed E-state index contributed by atoms with van der Waals surface area (Å²) in [6.07, 6.45) is 2.57. The van der Waals surface area contributed by atoms with E-state index in [0.29, 0.717) is 11.3 Å². The fraction of sp³-hybridized carbons (Fsp3) is 0.136. The number of esters is 1. The molecule has 1 heterocycles. The lowest BCUT2D eigenvalue weighted by Crippen LogP contribution is -2.28. The van der Waals surface area contributed by atoms with Crippen molar-refractivity contribution in [3.05, 3.63) is 89.9 Å². The van der Waals surface area contributed by atoms with Crippen LogP contribution in [0.3, 0.4) is 0 Å². The van der Waals surface area contributed by atoms with E-state index in [1.165, 1.54) is 18.6 Å². The molecule has 0 saturated heterocycles. The predicted octanol–water partition coefficient (Wildman–Crippen LogP) is 3.57. The molecule has 2 amide bonds. The second kappa shape index (κ2) is 9.36. The minimum atomic E-state index is -0.670. The molecule has 7 heteroatoms. The Morgan fingerprint density at radius 1 is 1.00 bits per heavy atom. The van der Waals surface area contributed by atoms with Gasteiger partial charge in [0, 0.05) is 0 Å². The van der Waals surface area contributed by atoms with Crippen molar-refractivity contribution in [2.45, 2.75) is 13.0 Å². The number of carbonyl (C=O) groups excluding carboxylic acids is 3. The zero-order chi connectivity index (χ0) is 20.6. The van der Waals surface area contributed by atoms with Crippen molar-refractivity contribution in [3.63, 3.8) is 0 Å². The first kappa shape index (κ1) is 19.9. The quantitative estimate of drug-likeness (QED) is 0.599. The van der Waals surface area contributed by atoms with Gasteiger partial charge < -0.3 is 19.8 Å². The monoisotopic (exact) mass is 392 g/mol. The molecule has 0 spiro atoms. The van der Waals surface area contributed by atoms with Crippen molar-refractivity contribution < 1.29 is 23.5 Å². The molecule has 0 fully saturated rings. The van der Waals surface area contributed by atoms with Crippen LogP contribution in [0.1, 0.15) is 39.2 Å². The molecule has 3 aromatic rings. The van der Waals surface area contributed by atoms with Crippen molar-refractivity contribution in [2.75, 3.05) is 11.9 Å². The van der Waals surface area contributed by atoms with E-state index in [9.17, 15) is 14.4 Å². The van der Waals surface area contributed by atoms with Crippen LogP contribution in [0.2, 0.25) is 0 Å². The van der Waals surface area contributed by atoms with Gasteiger partial charge in [-0.3, -0.25) is 9.59 Å². The van der Waals surface area contributed by atoms with Gasteiger partial charge in [0.1, 0.15) is 6.26 Å². The Morgan fingerprint density at radius 3 is 2.45 bits per heavy atom. The van der Waals surface area contributed by atoms with Crippen molar-refractivity contribution in [3.8, 4) is 0 Å². The summed E-state index contributed by atoms with van der Waals surface area (Å²) in [5, 5.41) is 5.51. The van der Waals surface area contributed by atoms with Crippen LogP contribution in [0.5, 0.6) is 0 Å². The second-order valence-electron chi connectivity index (χ2n) is 6.29. The molecule has 7 nitrogen and oxygen atoms in total. The fourth-order valence-corrected chi connectivity index (χ4v) is 2.67. The number of rotatable bonds is 7. The van der Waals surface area contributed by atoms with Crippen molar-refractivity contribution >= 4 is 23.5 Å². The van der Waals surface area contributed by atoms with Gasteiger partial charge in [-0.25, -0.2) is 4.79 Å². The normalized spacial score (nSPS) is 11.3. The van der Waals surface area contributed by atoms with Crippen LogP contribution in [0, 0.1) is 0 Å². The number of furan rings is 1. The van der Waals surface area contributed by atoms with Gasteiger partial charge >= 0.3 is 5.97 Å². The first-order valence-electron chi connectivity index (χ1n) is 8.98. The summed E-state index contributed by atoms with van der Waals surface area (Å²) in [6, 6.07) is 17.4. The number of para-hydroxylation sites is 1. The van der Waals surface area contributed by atoms with E-state index >= 15 is 0 Å². The van der Waals surface area contributed by atoms with Gasteiger partial charge in [-0.1, -0.05) is 42.5 Å². The largest absolute Gasteiger partial charge is 0.472 e. The highest BCUT2D eigenvalue weighted by atomic mass is 16.5. The summed E-state index contributed by atoms with van der Waals surface area (Å²) in [4.78, 5) is 36.6. The highest BCUT2D eigenvalue weighted by molar-refractivity contribution is 6.04. The molecular formula is C22H20N2O5. The zero-order valence-electron chi connectivity index (χ0n) is 15.8. The molecule has 0 aliphatic rings. The Morgan fingerprint density at radius 2 is 1.72 bits per heavy atom. The van der Waals surface area contributed by atoms with Gasteiger partial charge in [-0.05, 0) is 30.7 Å². The van der Waals surface area contributed by atoms with Crippen molar-refractivity contribution in [1.29, 1.82) is 0 Å². The molecule has 0 aliphatic carbocycles. The van der Waals surface area contributed by atoms with Gasteiger partial charge in [0.2, 0.25) is 0 Å². The van der Waals surface area contributed by atoms with Gasteiger partial charge in [0.25, 0.3) is 11.8 Å². The van der Waals surface area contributed by atoms with E-state index in [1.807, 2.05) is 37.3 Å². The third-order valence-electron chi connectivity index (χ3n) is 4.18. The lowest BCUT2D eigenvalue weighted by atomic mass is 10.1. The number of anilines is 1. The maximum atomic E-state index is 12.7. The predicted molar refractivity (Wildman–Crippen MR) is 106 cm³/mol. The van der Waals surface area contributed by atoms with Crippen LogP contribution in [-0.2, 0) is 9.53 Å². The van der Waals surface area contributed by atoms with Crippen LogP contribution in [0.25, 0.3) is 0 Å². The number of hydrogen-bond acceptors (Lipinski definition) is 5. The van der Waals surface area contributed by atoms with E-state index in [-0.39, 0.29) is 17.5 Å². The van der Waals surface area contributed by atoms with Crippen LogP contribution in [0.15, 0.2) is 77.6 Å². The van der Waals surface area contributed by atoms with E-state index in [1.54, 1.807) is 24.3 Å². The summed E-state index contributed by atoms with van der Waals surface area (Å²) in [6.45, 7) is 1.39. The third kappa shape index (κ3) is 5.32. The lowest BCUT2D eigenvalue weighted by molar-refractivity contribution is -0.119. The molecule has 2 aromatic carbocycles. The van der Waals surface area contributed by atoms with E-state index in [2.05, 4.69) is 10.6 Å². The molecule has 1 unspecified atom stereocenters. The van der Waals surface area contributed by atoms with E-state index in [0.717, 1.165) is 5.56 Å². The number of benzene rings is 2. The van der Waals surface area contributed by atoms with Crippen LogP contribution < -0.4 is 10.6 Å². The summed E-state index contributed by atoms with van der Waals surface area (Å²) in [7, 11) is 0. The summed E-state index contributed by atoms with van der Waals surface area (Å²) in [5.41, 5.74) is 1.82. The molecule has 3 rings (SSSR count). The second-order valence-corrected chi connectivity index (χ2v) is 6.29. The average Bonchev–Trinajstić information content (AvgIpc) is 3.28. The molecule has 148 valence electrons. The minimum Gasteiger partial charge on any atom is -0.472 e. The van der Waals surface area contributed by atoms with Gasteiger partial charge in [0.15, 0.2) is 6.61 Å². The van der Waals surface area contributed by atoms with E-state index < -0.39 is 18.5 Å². The molecule has 1 atom stereocenters. The smallest absolute Gasteiger partial charge is 0.341 e. The molecule has 2 N–H and O–H groups in total. The topological polar surface area (TPSA) is 97.6 Å².